The molecule has 0 saturated carbocycles. The highest BCUT2D eigenvalue weighted by atomic mass is 19.1. The van der Waals surface area contributed by atoms with Gasteiger partial charge < -0.3 is 10.1 Å². The van der Waals surface area contributed by atoms with E-state index in [4.69, 9.17) is 4.74 Å². The average Bonchev–Trinajstić information content (AvgIpc) is 2.51. The van der Waals surface area contributed by atoms with E-state index in [0.717, 1.165) is 18.5 Å². The van der Waals surface area contributed by atoms with E-state index < -0.39 is 0 Å². The standard InChI is InChI=1S/C18H22FNO/c1-3-18(14-8-10-17(19)11-9-14)20-12-15-6-4-5-7-16(15)13-21-2/h4-11,18,20H,3,12-13H2,1-2H3. The van der Waals surface area contributed by atoms with Crippen LogP contribution in [0.5, 0.6) is 0 Å². The summed E-state index contributed by atoms with van der Waals surface area (Å²) in [6.07, 6.45) is 0.956. The van der Waals surface area contributed by atoms with E-state index in [9.17, 15) is 4.39 Å². The van der Waals surface area contributed by atoms with Crippen molar-refractivity contribution < 1.29 is 9.13 Å². The van der Waals surface area contributed by atoms with Crippen LogP contribution in [0.4, 0.5) is 4.39 Å². The van der Waals surface area contributed by atoms with Crippen molar-refractivity contribution in [2.75, 3.05) is 7.11 Å². The Labute approximate surface area is 126 Å². The van der Waals surface area contributed by atoms with Gasteiger partial charge in [0.1, 0.15) is 5.82 Å². The van der Waals surface area contributed by atoms with E-state index in [-0.39, 0.29) is 11.9 Å². The molecule has 0 bridgehead atoms. The lowest BCUT2D eigenvalue weighted by Crippen LogP contribution is -2.21. The largest absolute Gasteiger partial charge is 0.380 e. The number of ether oxygens (including phenoxy) is 1. The molecule has 0 spiro atoms. The van der Waals surface area contributed by atoms with Crippen LogP contribution in [0.2, 0.25) is 0 Å². The minimum atomic E-state index is -0.195. The quantitative estimate of drug-likeness (QED) is 0.823. The van der Waals surface area contributed by atoms with Crippen LogP contribution in [0.25, 0.3) is 0 Å². The second-order valence-electron chi connectivity index (χ2n) is 5.10. The van der Waals surface area contributed by atoms with E-state index >= 15 is 0 Å². The Hall–Kier alpha value is -1.71. The van der Waals surface area contributed by atoms with Gasteiger partial charge in [-0.1, -0.05) is 43.3 Å². The van der Waals surface area contributed by atoms with Gasteiger partial charge in [-0.05, 0) is 35.2 Å². The third-order valence-corrected chi connectivity index (χ3v) is 3.64. The van der Waals surface area contributed by atoms with Crippen LogP contribution in [0.1, 0.15) is 36.1 Å². The number of nitrogens with one attached hydrogen (secondary N) is 1. The molecule has 0 aliphatic rings. The topological polar surface area (TPSA) is 21.3 Å². The van der Waals surface area contributed by atoms with Crippen LogP contribution in [0.15, 0.2) is 48.5 Å². The highest BCUT2D eigenvalue weighted by Gasteiger charge is 2.10. The maximum atomic E-state index is 13.0. The molecule has 2 nitrogen and oxygen atoms in total. The maximum absolute atomic E-state index is 13.0. The molecule has 1 unspecified atom stereocenters. The van der Waals surface area contributed by atoms with E-state index in [1.54, 1.807) is 7.11 Å². The molecule has 0 radical (unpaired) electrons. The van der Waals surface area contributed by atoms with Crippen LogP contribution < -0.4 is 5.32 Å². The molecule has 0 aromatic heterocycles. The molecule has 3 heteroatoms. The molecule has 2 rings (SSSR count). The minimum Gasteiger partial charge on any atom is -0.380 e. The Morgan fingerprint density at radius 1 is 1.05 bits per heavy atom. The van der Waals surface area contributed by atoms with Gasteiger partial charge in [0.2, 0.25) is 0 Å². The lowest BCUT2D eigenvalue weighted by molar-refractivity contribution is 0.184. The number of benzene rings is 2. The summed E-state index contributed by atoms with van der Waals surface area (Å²) in [5, 5.41) is 3.54. The van der Waals surface area contributed by atoms with Gasteiger partial charge in [0.05, 0.1) is 6.61 Å². The summed E-state index contributed by atoms with van der Waals surface area (Å²) in [7, 11) is 1.71. The van der Waals surface area contributed by atoms with Crippen LogP contribution in [-0.4, -0.2) is 7.11 Å². The normalized spacial score (nSPS) is 12.3. The van der Waals surface area contributed by atoms with Crippen molar-refractivity contribution in [2.45, 2.75) is 32.5 Å². The average molecular weight is 287 g/mol. The molecule has 0 fully saturated rings. The van der Waals surface area contributed by atoms with Gasteiger partial charge in [0.15, 0.2) is 0 Å². The summed E-state index contributed by atoms with van der Waals surface area (Å²) < 4.78 is 18.2. The number of methoxy groups -OCH3 is 1. The van der Waals surface area contributed by atoms with Crippen molar-refractivity contribution in [3.05, 3.63) is 71.0 Å². The zero-order valence-electron chi connectivity index (χ0n) is 12.6. The fourth-order valence-corrected chi connectivity index (χ4v) is 2.45. The Kier molecular flexibility index (Phi) is 5.90. The molecular weight excluding hydrogens is 265 g/mol. The van der Waals surface area contributed by atoms with Gasteiger partial charge in [-0.2, -0.15) is 0 Å². The Bertz CT molecular complexity index is 553. The predicted molar refractivity (Wildman–Crippen MR) is 83.4 cm³/mol. The summed E-state index contributed by atoms with van der Waals surface area (Å²) >= 11 is 0. The summed E-state index contributed by atoms with van der Waals surface area (Å²) in [6, 6.07) is 15.2. The molecule has 0 aliphatic heterocycles. The fraction of sp³-hybridized carbons (Fsp3) is 0.333. The van der Waals surface area contributed by atoms with Gasteiger partial charge in [0.25, 0.3) is 0 Å². The van der Waals surface area contributed by atoms with E-state index in [1.807, 2.05) is 24.3 Å². The number of rotatable bonds is 7. The smallest absolute Gasteiger partial charge is 0.123 e. The van der Waals surface area contributed by atoms with Gasteiger partial charge >= 0.3 is 0 Å². The molecule has 0 saturated heterocycles. The Morgan fingerprint density at radius 2 is 1.71 bits per heavy atom. The summed E-state index contributed by atoms with van der Waals surface area (Å²) in [5.74, 6) is -0.195. The third kappa shape index (κ3) is 4.38. The monoisotopic (exact) mass is 287 g/mol. The molecule has 112 valence electrons. The SMILES string of the molecule is CCC(NCc1ccccc1COC)c1ccc(F)cc1. The molecule has 1 atom stereocenters. The first-order valence-corrected chi connectivity index (χ1v) is 7.29. The third-order valence-electron chi connectivity index (χ3n) is 3.64. The zero-order chi connectivity index (χ0) is 15.1. The van der Waals surface area contributed by atoms with Crippen molar-refractivity contribution in [3.63, 3.8) is 0 Å². The van der Waals surface area contributed by atoms with E-state index in [0.29, 0.717) is 6.61 Å². The summed E-state index contributed by atoms with van der Waals surface area (Å²) in [4.78, 5) is 0. The van der Waals surface area contributed by atoms with Crippen molar-refractivity contribution in [2.24, 2.45) is 0 Å². The van der Waals surface area contributed by atoms with Gasteiger partial charge in [-0.15, -0.1) is 0 Å². The van der Waals surface area contributed by atoms with Crippen LogP contribution in [0.3, 0.4) is 0 Å². The van der Waals surface area contributed by atoms with Crippen molar-refractivity contribution >= 4 is 0 Å². The molecule has 21 heavy (non-hydrogen) atoms. The van der Waals surface area contributed by atoms with Crippen LogP contribution in [-0.2, 0) is 17.9 Å². The van der Waals surface area contributed by atoms with Crippen molar-refractivity contribution in [3.8, 4) is 0 Å². The Balaban J connectivity index is 2.05. The highest BCUT2D eigenvalue weighted by molar-refractivity contribution is 5.27. The Morgan fingerprint density at radius 3 is 2.33 bits per heavy atom. The lowest BCUT2D eigenvalue weighted by Gasteiger charge is -2.19. The number of hydrogen-bond acceptors (Lipinski definition) is 2. The number of hydrogen-bond donors (Lipinski definition) is 1. The van der Waals surface area contributed by atoms with E-state index in [1.165, 1.54) is 23.3 Å². The summed E-state index contributed by atoms with van der Waals surface area (Å²) in [6.45, 7) is 3.52. The maximum Gasteiger partial charge on any atom is 0.123 e. The first kappa shape index (κ1) is 15.7. The van der Waals surface area contributed by atoms with Crippen LogP contribution >= 0.6 is 0 Å². The molecule has 1 N–H and O–H groups in total. The molecule has 0 heterocycles. The molecule has 0 amide bonds. The molecule has 2 aromatic carbocycles. The van der Waals surface area contributed by atoms with E-state index in [2.05, 4.69) is 24.4 Å². The fourth-order valence-electron chi connectivity index (χ4n) is 2.45. The first-order chi connectivity index (χ1) is 10.2. The molecule has 2 aromatic rings. The lowest BCUT2D eigenvalue weighted by atomic mass is 10.0. The van der Waals surface area contributed by atoms with Crippen molar-refractivity contribution in [1.82, 2.24) is 5.32 Å². The zero-order valence-corrected chi connectivity index (χ0v) is 12.6. The van der Waals surface area contributed by atoms with Gasteiger partial charge in [-0.25, -0.2) is 4.39 Å². The predicted octanol–water partition coefficient (Wildman–Crippen LogP) is 4.21. The second kappa shape index (κ2) is 7.91. The van der Waals surface area contributed by atoms with Gasteiger partial charge in [0, 0.05) is 19.7 Å². The highest BCUT2D eigenvalue weighted by Crippen LogP contribution is 2.18. The molecular formula is C18H22FNO. The summed E-state index contributed by atoms with van der Waals surface area (Å²) in [5.41, 5.74) is 3.55. The number of halogens is 1. The van der Waals surface area contributed by atoms with Crippen molar-refractivity contribution in [1.29, 1.82) is 0 Å². The molecule has 0 aliphatic carbocycles. The van der Waals surface area contributed by atoms with Gasteiger partial charge in [-0.3, -0.25) is 0 Å². The van der Waals surface area contributed by atoms with Crippen LogP contribution in [0, 0.1) is 5.82 Å². The first-order valence-electron chi connectivity index (χ1n) is 7.29. The minimum absolute atomic E-state index is 0.195. The second-order valence-corrected chi connectivity index (χ2v) is 5.10.